The number of carbonyl (C=O) groups is 2. The Morgan fingerprint density at radius 2 is 2.11 bits per heavy atom. The van der Waals surface area contributed by atoms with Crippen molar-refractivity contribution in [3.05, 3.63) is 27.3 Å². The Kier molecular flexibility index (Phi) is 4.25. The summed E-state index contributed by atoms with van der Waals surface area (Å²) in [4.78, 5) is 23.0. The first-order chi connectivity index (χ1) is 8.99. The highest BCUT2D eigenvalue weighted by Gasteiger charge is 2.35. The summed E-state index contributed by atoms with van der Waals surface area (Å²) in [5.74, 6) is -2.40. The van der Waals surface area contributed by atoms with Crippen molar-refractivity contribution in [2.24, 2.45) is 5.92 Å². The number of hydrogen-bond donors (Lipinski definition) is 3. The van der Waals surface area contributed by atoms with Crippen molar-refractivity contribution in [2.45, 2.75) is 6.04 Å². The van der Waals surface area contributed by atoms with Gasteiger partial charge in [0.05, 0.1) is 24.8 Å². The molecule has 7 heteroatoms. The molecule has 1 fully saturated rings. The summed E-state index contributed by atoms with van der Waals surface area (Å²) in [5, 5.41) is 21.2. The third-order valence-electron chi connectivity index (χ3n) is 2.92. The predicted octanol–water partition coefficient (Wildman–Crippen LogP) is 0.826. The highest BCUT2D eigenvalue weighted by Crippen LogP contribution is 2.21. The van der Waals surface area contributed by atoms with Crippen molar-refractivity contribution in [1.29, 1.82) is 0 Å². The van der Waals surface area contributed by atoms with E-state index in [1.165, 1.54) is 12.1 Å². The quantitative estimate of drug-likeness (QED) is 0.679. The summed E-state index contributed by atoms with van der Waals surface area (Å²) < 4.78 is 5.87. The summed E-state index contributed by atoms with van der Waals surface area (Å²) in [7, 11) is 0. The van der Waals surface area contributed by atoms with E-state index in [1.807, 2.05) is 22.6 Å². The van der Waals surface area contributed by atoms with E-state index in [0.717, 1.165) is 3.57 Å². The van der Waals surface area contributed by atoms with Crippen LogP contribution in [0.25, 0.3) is 0 Å². The molecule has 102 valence electrons. The lowest BCUT2D eigenvalue weighted by Gasteiger charge is -2.16. The molecular formula is C12H12INO5. The van der Waals surface area contributed by atoms with Crippen molar-refractivity contribution in [3.63, 3.8) is 0 Å². The van der Waals surface area contributed by atoms with E-state index in [-0.39, 0.29) is 24.5 Å². The number of rotatable bonds is 3. The molecular weight excluding hydrogens is 365 g/mol. The molecule has 1 aliphatic rings. The number of halogens is 1. The number of aliphatic carboxylic acids is 1. The maximum Gasteiger partial charge on any atom is 0.311 e. The minimum atomic E-state index is -1.00. The van der Waals surface area contributed by atoms with Crippen molar-refractivity contribution in [2.75, 3.05) is 13.2 Å². The Hall–Kier alpha value is -1.35. The minimum Gasteiger partial charge on any atom is -0.507 e. The van der Waals surface area contributed by atoms with Crippen LogP contribution in [-0.2, 0) is 9.53 Å². The standard InChI is InChI=1S/C12H12INO5/c13-6-1-2-10(15)7(3-6)11(16)14-9-5-19-4-8(9)12(17)18/h1-3,8-9,15H,4-5H2,(H,14,16)(H,17,18). The average molecular weight is 377 g/mol. The maximum absolute atomic E-state index is 12.0. The van der Waals surface area contributed by atoms with Crippen molar-refractivity contribution in [3.8, 4) is 5.75 Å². The van der Waals surface area contributed by atoms with E-state index in [4.69, 9.17) is 9.84 Å². The van der Waals surface area contributed by atoms with Crippen LogP contribution in [-0.4, -0.2) is 41.3 Å². The zero-order valence-electron chi connectivity index (χ0n) is 9.80. The highest BCUT2D eigenvalue weighted by molar-refractivity contribution is 14.1. The summed E-state index contributed by atoms with van der Waals surface area (Å²) in [6.45, 7) is 0.242. The first kappa shape index (κ1) is 14.1. The van der Waals surface area contributed by atoms with Crippen molar-refractivity contribution < 1.29 is 24.5 Å². The molecule has 1 aliphatic heterocycles. The molecule has 1 aromatic rings. The summed E-state index contributed by atoms with van der Waals surface area (Å²) in [6, 6.07) is 4.06. The predicted molar refractivity (Wildman–Crippen MR) is 74.0 cm³/mol. The van der Waals surface area contributed by atoms with Crippen LogP contribution in [0.3, 0.4) is 0 Å². The summed E-state index contributed by atoms with van der Waals surface area (Å²) in [5.41, 5.74) is 0.128. The summed E-state index contributed by atoms with van der Waals surface area (Å²) in [6.07, 6.45) is 0. The second kappa shape index (κ2) is 5.74. The van der Waals surface area contributed by atoms with Gasteiger partial charge in [0.1, 0.15) is 11.7 Å². The van der Waals surface area contributed by atoms with E-state index in [1.54, 1.807) is 6.07 Å². The number of phenolic OH excluding ortho intramolecular Hbond substituents is 1. The van der Waals surface area contributed by atoms with Gasteiger partial charge in [-0.05, 0) is 40.8 Å². The Bertz CT molecular complexity index is 519. The average Bonchev–Trinajstić information content (AvgIpc) is 2.80. The van der Waals surface area contributed by atoms with Crippen LogP contribution in [0, 0.1) is 9.49 Å². The highest BCUT2D eigenvalue weighted by atomic mass is 127. The number of phenols is 1. The lowest BCUT2D eigenvalue weighted by atomic mass is 10.0. The van der Waals surface area contributed by atoms with E-state index in [9.17, 15) is 14.7 Å². The summed E-state index contributed by atoms with van der Waals surface area (Å²) >= 11 is 2.02. The van der Waals surface area contributed by atoms with Crippen LogP contribution < -0.4 is 5.32 Å². The molecule has 1 heterocycles. The third-order valence-corrected chi connectivity index (χ3v) is 3.59. The molecule has 0 spiro atoms. The van der Waals surface area contributed by atoms with Crippen LogP contribution in [0.1, 0.15) is 10.4 Å². The molecule has 1 saturated heterocycles. The van der Waals surface area contributed by atoms with Gasteiger partial charge in [0.15, 0.2) is 0 Å². The van der Waals surface area contributed by atoms with Crippen LogP contribution in [0.2, 0.25) is 0 Å². The maximum atomic E-state index is 12.0. The van der Waals surface area contributed by atoms with Gasteiger partial charge in [-0.2, -0.15) is 0 Å². The number of carbonyl (C=O) groups excluding carboxylic acids is 1. The zero-order valence-corrected chi connectivity index (χ0v) is 12.0. The molecule has 0 bridgehead atoms. The topological polar surface area (TPSA) is 95.9 Å². The zero-order chi connectivity index (χ0) is 14.0. The van der Waals surface area contributed by atoms with E-state index in [0.29, 0.717) is 0 Å². The van der Waals surface area contributed by atoms with Gasteiger partial charge in [-0.3, -0.25) is 9.59 Å². The lowest BCUT2D eigenvalue weighted by molar-refractivity contribution is -0.142. The number of carboxylic acid groups (broad SMARTS) is 1. The second-order valence-corrected chi connectivity index (χ2v) is 5.47. The van der Waals surface area contributed by atoms with Gasteiger partial charge < -0.3 is 20.3 Å². The van der Waals surface area contributed by atoms with Crippen LogP contribution in [0.5, 0.6) is 5.75 Å². The van der Waals surface area contributed by atoms with Crippen LogP contribution in [0.15, 0.2) is 18.2 Å². The van der Waals surface area contributed by atoms with Gasteiger partial charge >= 0.3 is 5.97 Å². The van der Waals surface area contributed by atoms with Crippen molar-refractivity contribution in [1.82, 2.24) is 5.32 Å². The SMILES string of the molecule is O=C(NC1COCC1C(=O)O)c1cc(I)ccc1O. The van der Waals surface area contributed by atoms with Gasteiger partial charge in [0.2, 0.25) is 0 Å². The van der Waals surface area contributed by atoms with Gasteiger partial charge in [0.25, 0.3) is 5.91 Å². The normalized spacial score (nSPS) is 22.2. The molecule has 6 nitrogen and oxygen atoms in total. The molecule has 2 atom stereocenters. The molecule has 0 aromatic heterocycles. The Balaban J connectivity index is 2.12. The number of ether oxygens (including phenoxy) is 1. The lowest BCUT2D eigenvalue weighted by Crippen LogP contribution is -2.42. The smallest absolute Gasteiger partial charge is 0.311 e. The first-order valence-electron chi connectivity index (χ1n) is 5.59. The molecule has 1 aromatic carbocycles. The largest absolute Gasteiger partial charge is 0.507 e. The Labute approximate surface area is 122 Å². The number of amides is 1. The van der Waals surface area contributed by atoms with Crippen molar-refractivity contribution >= 4 is 34.5 Å². The van der Waals surface area contributed by atoms with Gasteiger partial charge in [-0.25, -0.2) is 0 Å². The second-order valence-electron chi connectivity index (χ2n) is 4.22. The Morgan fingerprint density at radius 3 is 2.79 bits per heavy atom. The molecule has 0 radical (unpaired) electrons. The van der Waals surface area contributed by atoms with E-state index < -0.39 is 23.8 Å². The molecule has 3 N–H and O–H groups in total. The molecule has 2 rings (SSSR count). The molecule has 19 heavy (non-hydrogen) atoms. The molecule has 2 unspecified atom stereocenters. The Morgan fingerprint density at radius 1 is 1.37 bits per heavy atom. The number of aromatic hydroxyl groups is 1. The fourth-order valence-corrected chi connectivity index (χ4v) is 2.37. The number of carboxylic acids is 1. The fourth-order valence-electron chi connectivity index (χ4n) is 1.88. The first-order valence-corrected chi connectivity index (χ1v) is 6.67. The minimum absolute atomic E-state index is 0.0819. The number of hydrogen-bond acceptors (Lipinski definition) is 4. The van der Waals surface area contributed by atoms with Gasteiger partial charge in [0, 0.05) is 3.57 Å². The van der Waals surface area contributed by atoms with Gasteiger partial charge in [-0.1, -0.05) is 0 Å². The fraction of sp³-hybridized carbons (Fsp3) is 0.333. The van der Waals surface area contributed by atoms with Crippen LogP contribution in [0.4, 0.5) is 0 Å². The molecule has 0 saturated carbocycles. The molecule has 0 aliphatic carbocycles. The van der Waals surface area contributed by atoms with Gasteiger partial charge in [-0.15, -0.1) is 0 Å². The number of benzene rings is 1. The van der Waals surface area contributed by atoms with E-state index >= 15 is 0 Å². The number of nitrogens with one attached hydrogen (secondary N) is 1. The monoisotopic (exact) mass is 377 g/mol. The molecule has 1 amide bonds. The van der Waals surface area contributed by atoms with Crippen LogP contribution >= 0.6 is 22.6 Å². The third kappa shape index (κ3) is 3.16. The van der Waals surface area contributed by atoms with E-state index in [2.05, 4.69) is 5.32 Å².